The fourth-order valence-corrected chi connectivity index (χ4v) is 3.75. The Morgan fingerprint density at radius 3 is 2.36 bits per heavy atom. The Morgan fingerprint density at radius 1 is 0.909 bits per heavy atom. The lowest BCUT2D eigenvalue weighted by atomic mass is 10.1. The highest BCUT2D eigenvalue weighted by Gasteiger charge is 2.14. The molecule has 0 unspecified atom stereocenters. The molecule has 7 nitrogen and oxygen atoms in total. The van der Waals surface area contributed by atoms with Crippen LogP contribution < -0.4 is 24.8 Å². The second kappa shape index (κ2) is 8.88. The SMILES string of the molecule is COc1cc(-c2ccc(Cl)cc2)nc2ccc(NC(=O)Nc3ccc4c(c3)OCCO4)cc12. The molecule has 8 heteroatoms. The van der Waals surface area contributed by atoms with Gasteiger partial charge in [-0.05, 0) is 42.5 Å². The zero-order chi connectivity index (χ0) is 22.8. The van der Waals surface area contributed by atoms with Crippen molar-refractivity contribution >= 4 is 39.9 Å². The van der Waals surface area contributed by atoms with Crippen LogP contribution >= 0.6 is 11.6 Å². The van der Waals surface area contributed by atoms with Crippen LogP contribution in [-0.2, 0) is 0 Å². The van der Waals surface area contributed by atoms with E-state index in [1.54, 1.807) is 31.4 Å². The Kier molecular flexibility index (Phi) is 5.62. The van der Waals surface area contributed by atoms with Crippen molar-refractivity contribution in [2.45, 2.75) is 0 Å². The van der Waals surface area contributed by atoms with Crippen molar-refractivity contribution in [2.75, 3.05) is 31.0 Å². The summed E-state index contributed by atoms with van der Waals surface area (Å²) in [5.74, 6) is 1.93. The number of rotatable bonds is 4. The van der Waals surface area contributed by atoms with E-state index in [9.17, 15) is 4.79 Å². The molecule has 2 N–H and O–H groups in total. The summed E-state index contributed by atoms with van der Waals surface area (Å²) < 4.78 is 16.7. The molecule has 0 aliphatic carbocycles. The standard InChI is InChI=1S/C25H20ClN3O4/c1-31-23-14-21(15-2-4-16(26)5-3-15)29-20-8-6-17(12-19(20)23)27-25(30)28-18-7-9-22-24(13-18)33-11-10-32-22/h2-9,12-14H,10-11H2,1H3,(H2,27,28,30). The highest BCUT2D eigenvalue weighted by atomic mass is 35.5. The van der Waals surface area contributed by atoms with Crippen molar-refractivity contribution in [1.29, 1.82) is 0 Å². The fourth-order valence-electron chi connectivity index (χ4n) is 3.62. The van der Waals surface area contributed by atoms with E-state index in [0.717, 1.165) is 22.2 Å². The van der Waals surface area contributed by atoms with E-state index in [0.29, 0.717) is 46.9 Å². The molecule has 2 heterocycles. The first-order valence-corrected chi connectivity index (χ1v) is 10.7. The van der Waals surface area contributed by atoms with E-state index in [2.05, 4.69) is 10.6 Å². The minimum atomic E-state index is -0.379. The van der Waals surface area contributed by atoms with Crippen LogP contribution in [0.15, 0.2) is 66.7 Å². The van der Waals surface area contributed by atoms with Crippen LogP contribution in [0.4, 0.5) is 16.2 Å². The number of halogens is 1. The molecule has 2 amide bonds. The molecule has 33 heavy (non-hydrogen) atoms. The summed E-state index contributed by atoms with van der Waals surface area (Å²) in [4.78, 5) is 17.3. The third kappa shape index (κ3) is 4.49. The van der Waals surface area contributed by atoms with Crippen LogP contribution in [0.5, 0.6) is 17.2 Å². The Bertz CT molecular complexity index is 1340. The van der Waals surface area contributed by atoms with Gasteiger partial charge in [0.05, 0.1) is 18.3 Å². The molecule has 0 saturated carbocycles. The predicted molar refractivity (Wildman–Crippen MR) is 129 cm³/mol. The van der Waals surface area contributed by atoms with Gasteiger partial charge in [-0.2, -0.15) is 0 Å². The minimum Gasteiger partial charge on any atom is -0.496 e. The van der Waals surface area contributed by atoms with Gasteiger partial charge in [-0.15, -0.1) is 0 Å². The van der Waals surface area contributed by atoms with Crippen molar-refractivity contribution in [3.05, 3.63) is 71.8 Å². The van der Waals surface area contributed by atoms with Gasteiger partial charge < -0.3 is 24.8 Å². The summed E-state index contributed by atoms with van der Waals surface area (Å²) >= 11 is 6.00. The Hall–Kier alpha value is -3.97. The number of carbonyl (C=O) groups is 1. The quantitative estimate of drug-likeness (QED) is 0.390. The van der Waals surface area contributed by atoms with Gasteiger partial charge in [-0.3, -0.25) is 0 Å². The number of nitrogens with zero attached hydrogens (tertiary/aromatic N) is 1. The fraction of sp³-hybridized carbons (Fsp3) is 0.120. The van der Waals surface area contributed by atoms with Gasteiger partial charge in [0.1, 0.15) is 19.0 Å². The molecular formula is C25H20ClN3O4. The van der Waals surface area contributed by atoms with Gasteiger partial charge in [0.15, 0.2) is 11.5 Å². The molecule has 0 spiro atoms. The van der Waals surface area contributed by atoms with Gasteiger partial charge in [-0.1, -0.05) is 23.7 Å². The monoisotopic (exact) mass is 461 g/mol. The second-order valence-corrected chi connectivity index (χ2v) is 7.82. The molecule has 1 aliphatic heterocycles. The summed E-state index contributed by atoms with van der Waals surface area (Å²) in [5.41, 5.74) is 3.66. The lowest BCUT2D eigenvalue weighted by Crippen LogP contribution is -2.20. The Balaban J connectivity index is 1.37. The second-order valence-electron chi connectivity index (χ2n) is 7.39. The van der Waals surface area contributed by atoms with Crippen LogP contribution in [0, 0.1) is 0 Å². The molecule has 1 aromatic heterocycles. The number of nitrogens with one attached hydrogen (secondary N) is 2. The third-order valence-corrected chi connectivity index (χ3v) is 5.44. The Labute approximate surface area is 195 Å². The van der Waals surface area contributed by atoms with Crippen LogP contribution in [0.3, 0.4) is 0 Å². The lowest BCUT2D eigenvalue weighted by molar-refractivity contribution is 0.171. The van der Waals surface area contributed by atoms with Crippen molar-refractivity contribution in [3.63, 3.8) is 0 Å². The maximum atomic E-state index is 12.6. The van der Waals surface area contributed by atoms with E-state index in [1.165, 1.54) is 0 Å². The number of ether oxygens (including phenoxy) is 3. The zero-order valence-electron chi connectivity index (χ0n) is 17.7. The molecule has 1 aliphatic rings. The number of fused-ring (bicyclic) bond motifs is 2. The number of pyridine rings is 1. The molecule has 3 aromatic carbocycles. The van der Waals surface area contributed by atoms with Crippen molar-refractivity contribution in [1.82, 2.24) is 4.98 Å². The number of methoxy groups -OCH3 is 1. The summed E-state index contributed by atoms with van der Waals surface area (Å²) in [7, 11) is 1.61. The molecule has 4 aromatic rings. The van der Waals surface area contributed by atoms with Crippen molar-refractivity contribution in [2.24, 2.45) is 0 Å². The number of aromatic nitrogens is 1. The number of anilines is 2. The average molecular weight is 462 g/mol. The first-order valence-electron chi connectivity index (χ1n) is 10.3. The Morgan fingerprint density at radius 2 is 1.61 bits per heavy atom. The van der Waals surface area contributed by atoms with E-state index >= 15 is 0 Å². The number of hydrogen-bond acceptors (Lipinski definition) is 5. The first-order chi connectivity index (χ1) is 16.1. The van der Waals surface area contributed by atoms with Crippen molar-refractivity contribution in [3.8, 4) is 28.5 Å². The van der Waals surface area contributed by atoms with Crippen molar-refractivity contribution < 1.29 is 19.0 Å². The molecule has 0 fully saturated rings. The number of benzene rings is 3. The summed E-state index contributed by atoms with van der Waals surface area (Å²) in [6, 6.07) is 19.7. The third-order valence-electron chi connectivity index (χ3n) is 5.19. The smallest absolute Gasteiger partial charge is 0.323 e. The molecule has 0 saturated heterocycles. The highest BCUT2D eigenvalue weighted by Crippen LogP contribution is 2.34. The summed E-state index contributed by atoms with van der Waals surface area (Å²) in [5, 5.41) is 7.10. The molecule has 166 valence electrons. The predicted octanol–water partition coefficient (Wildman–Crippen LogP) is 5.98. The van der Waals surface area contributed by atoms with Gasteiger partial charge in [0.25, 0.3) is 0 Å². The van der Waals surface area contributed by atoms with E-state index in [1.807, 2.05) is 42.5 Å². The summed E-state index contributed by atoms with van der Waals surface area (Å²) in [6.07, 6.45) is 0. The topological polar surface area (TPSA) is 81.7 Å². The molecular weight excluding hydrogens is 442 g/mol. The maximum absolute atomic E-state index is 12.6. The lowest BCUT2D eigenvalue weighted by Gasteiger charge is -2.19. The number of urea groups is 1. The van der Waals surface area contributed by atoms with Gasteiger partial charge in [0.2, 0.25) is 0 Å². The van der Waals surface area contributed by atoms with Crippen LogP contribution in [0.2, 0.25) is 5.02 Å². The van der Waals surface area contributed by atoms with Crippen LogP contribution in [0.25, 0.3) is 22.2 Å². The number of carbonyl (C=O) groups excluding carboxylic acids is 1. The van der Waals surface area contributed by atoms with E-state index < -0.39 is 0 Å². The molecule has 0 bridgehead atoms. The van der Waals surface area contributed by atoms with E-state index in [-0.39, 0.29) is 6.03 Å². The van der Waals surface area contributed by atoms with Crippen LogP contribution in [-0.4, -0.2) is 31.3 Å². The summed E-state index contributed by atoms with van der Waals surface area (Å²) in [6.45, 7) is 0.997. The van der Waals surface area contributed by atoms with Gasteiger partial charge >= 0.3 is 6.03 Å². The maximum Gasteiger partial charge on any atom is 0.323 e. The largest absolute Gasteiger partial charge is 0.496 e. The van der Waals surface area contributed by atoms with E-state index in [4.69, 9.17) is 30.8 Å². The molecule has 0 atom stereocenters. The number of amides is 2. The average Bonchev–Trinajstić information content (AvgIpc) is 2.83. The first kappa shape index (κ1) is 20.9. The number of hydrogen-bond donors (Lipinski definition) is 2. The van der Waals surface area contributed by atoms with Crippen LogP contribution in [0.1, 0.15) is 0 Å². The highest BCUT2D eigenvalue weighted by molar-refractivity contribution is 6.30. The zero-order valence-corrected chi connectivity index (χ0v) is 18.5. The van der Waals surface area contributed by atoms with Gasteiger partial charge in [-0.25, -0.2) is 9.78 Å². The molecule has 5 rings (SSSR count). The molecule has 0 radical (unpaired) electrons. The van der Waals surface area contributed by atoms with Gasteiger partial charge in [0, 0.05) is 39.5 Å². The minimum absolute atomic E-state index is 0.379. The normalized spacial score (nSPS) is 12.3.